The van der Waals surface area contributed by atoms with Crippen LogP contribution in [0.1, 0.15) is 43.4 Å². The summed E-state index contributed by atoms with van der Waals surface area (Å²) in [5.74, 6) is -1.79. The lowest BCUT2D eigenvalue weighted by Crippen LogP contribution is -2.28. The van der Waals surface area contributed by atoms with Gasteiger partial charge in [0.05, 0.1) is 28.3 Å². The predicted molar refractivity (Wildman–Crippen MR) is 119 cm³/mol. The van der Waals surface area contributed by atoms with Crippen molar-refractivity contribution in [3.05, 3.63) is 113 Å². The molecule has 4 aromatic rings. The first kappa shape index (κ1) is 21.7. The van der Waals surface area contributed by atoms with E-state index in [4.69, 9.17) is 4.98 Å². The summed E-state index contributed by atoms with van der Waals surface area (Å²) in [5.41, 5.74) is 1.16. The fourth-order valence-corrected chi connectivity index (χ4v) is 3.63. The van der Waals surface area contributed by atoms with E-state index in [0.717, 1.165) is 11.6 Å². The Balaban J connectivity index is 1.74. The number of nitrogens with zero attached hydrogens (tertiary/aromatic N) is 3. The first-order valence-electron chi connectivity index (χ1n) is 10.3. The highest BCUT2D eigenvalue weighted by Gasteiger charge is 2.31. The van der Waals surface area contributed by atoms with Gasteiger partial charge in [0.15, 0.2) is 0 Å². The Kier molecular flexibility index (Phi) is 5.57. The SMILES string of the molecule is CC(C)(c1cccc(-c2ccc(F)nc2F)n1)c1cccc(C(C)(O)c2ccccc2)n1. The van der Waals surface area contributed by atoms with E-state index in [1.54, 1.807) is 25.1 Å². The zero-order valence-electron chi connectivity index (χ0n) is 18.1. The highest BCUT2D eigenvalue weighted by molar-refractivity contribution is 5.59. The normalized spacial score (nSPS) is 13.6. The minimum Gasteiger partial charge on any atom is -0.379 e. The van der Waals surface area contributed by atoms with Gasteiger partial charge in [0.25, 0.3) is 0 Å². The second-order valence-corrected chi connectivity index (χ2v) is 8.35. The standard InChI is InChI=1S/C26H23F2N3O/c1-25(2,20-12-7-11-19(29-20)18-15-16-23(27)31-24(18)28)21-13-8-14-22(30-21)26(3,32)17-9-5-4-6-10-17/h4-16,32H,1-3H3. The molecule has 0 saturated carbocycles. The number of aromatic nitrogens is 3. The van der Waals surface area contributed by atoms with Gasteiger partial charge in [-0.15, -0.1) is 0 Å². The van der Waals surface area contributed by atoms with Crippen molar-refractivity contribution in [3.8, 4) is 11.3 Å². The highest BCUT2D eigenvalue weighted by Crippen LogP contribution is 2.33. The number of aliphatic hydroxyl groups is 1. The first-order chi connectivity index (χ1) is 15.2. The molecule has 1 N–H and O–H groups in total. The molecule has 0 aliphatic heterocycles. The Morgan fingerprint density at radius 3 is 1.97 bits per heavy atom. The van der Waals surface area contributed by atoms with Gasteiger partial charge in [0.2, 0.25) is 11.9 Å². The maximum atomic E-state index is 14.2. The summed E-state index contributed by atoms with van der Waals surface area (Å²) in [4.78, 5) is 12.7. The van der Waals surface area contributed by atoms with Crippen molar-refractivity contribution in [1.82, 2.24) is 15.0 Å². The molecule has 0 bridgehead atoms. The third-order valence-electron chi connectivity index (χ3n) is 5.70. The van der Waals surface area contributed by atoms with Crippen molar-refractivity contribution in [2.75, 3.05) is 0 Å². The molecule has 0 saturated heterocycles. The summed E-state index contributed by atoms with van der Waals surface area (Å²) in [7, 11) is 0. The molecular weight excluding hydrogens is 408 g/mol. The molecule has 0 aliphatic carbocycles. The van der Waals surface area contributed by atoms with E-state index >= 15 is 0 Å². The predicted octanol–water partition coefficient (Wildman–Crippen LogP) is 5.40. The summed E-state index contributed by atoms with van der Waals surface area (Å²) in [6.07, 6.45) is 0. The number of rotatable bonds is 5. The molecule has 6 heteroatoms. The van der Waals surface area contributed by atoms with E-state index in [0.29, 0.717) is 22.8 Å². The zero-order chi connectivity index (χ0) is 22.9. The van der Waals surface area contributed by atoms with E-state index in [1.807, 2.05) is 62.4 Å². The maximum Gasteiger partial charge on any atom is 0.224 e. The molecule has 4 nitrogen and oxygen atoms in total. The van der Waals surface area contributed by atoms with Gasteiger partial charge in [0, 0.05) is 5.41 Å². The summed E-state index contributed by atoms with van der Waals surface area (Å²) in [6, 6.07) is 22.6. The Morgan fingerprint density at radius 2 is 1.28 bits per heavy atom. The van der Waals surface area contributed by atoms with Crippen molar-refractivity contribution in [1.29, 1.82) is 0 Å². The van der Waals surface area contributed by atoms with E-state index in [2.05, 4.69) is 9.97 Å². The molecule has 162 valence electrons. The molecule has 0 aliphatic rings. The number of hydrogen-bond donors (Lipinski definition) is 1. The van der Waals surface area contributed by atoms with Crippen molar-refractivity contribution < 1.29 is 13.9 Å². The van der Waals surface area contributed by atoms with Crippen LogP contribution in [0.25, 0.3) is 11.3 Å². The Morgan fingerprint density at radius 1 is 0.656 bits per heavy atom. The second kappa shape index (κ2) is 8.20. The number of hydrogen-bond acceptors (Lipinski definition) is 4. The van der Waals surface area contributed by atoms with Crippen LogP contribution in [0, 0.1) is 11.9 Å². The number of pyridine rings is 3. The van der Waals surface area contributed by atoms with Gasteiger partial charge in [-0.25, -0.2) is 0 Å². The molecule has 0 spiro atoms. The van der Waals surface area contributed by atoms with Crippen molar-refractivity contribution in [2.24, 2.45) is 0 Å². The zero-order valence-corrected chi connectivity index (χ0v) is 18.1. The van der Waals surface area contributed by atoms with Crippen LogP contribution in [-0.2, 0) is 11.0 Å². The van der Waals surface area contributed by atoms with Crippen LogP contribution in [0.5, 0.6) is 0 Å². The second-order valence-electron chi connectivity index (χ2n) is 8.35. The Bertz CT molecular complexity index is 1260. The molecule has 32 heavy (non-hydrogen) atoms. The molecular formula is C26H23F2N3O. The Labute approximate surface area is 185 Å². The minimum atomic E-state index is -1.27. The fraction of sp³-hybridized carbons (Fsp3) is 0.192. The fourth-order valence-electron chi connectivity index (χ4n) is 3.63. The van der Waals surface area contributed by atoms with Gasteiger partial charge in [-0.05, 0) is 62.7 Å². The van der Waals surface area contributed by atoms with Crippen LogP contribution < -0.4 is 0 Å². The molecule has 0 fully saturated rings. The van der Waals surface area contributed by atoms with Crippen LogP contribution in [0.2, 0.25) is 0 Å². The van der Waals surface area contributed by atoms with E-state index in [-0.39, 0.29) is 5.56 Å². The largest absolute Gasteiger partial charge is 0.379 e. The van der Waals surface area contributed by atoms with Crippen LogP contribution in [0.4, 0.5) is 8.78 Å². The Hall–Kier alpha value is -3.51. The monoisotopic (exact) mass is 431 g/mol. The van der Waals surface area contributed by atoms with Gasteiger partial charge in [-0.3, -0.25) is 9.97 Å². The van der Waals surface area contributed by atoms with Crippen LogP contribution in [0.15, 0.2) is 78.9 Å². The van der Waals surface area contributed by atoms with Crippen molar-refractivity contribution in [2.45, 2.75) is 31.8 Å². The average Bonchev–Trinajstić information content (AvgIpc) is 2.80. The number of halogens is 2. The third-order valence-corrected chi connectivity index (χ3v) is 5.70. The lowest BCUT2D eigenvalue weighted by atomic mass is 9.83. The molecule has 1 aromatic carbocycles. The van der Waals surface area contributed by atoms with Gasteiger partial charge in [0.1, 0.15) is 5.60 Å². The van der Waals surface area contributed by atoms with Crippen molar-refractivity contribution >= 4 is 0 Å². The van der Waals surface area contributed by atoms with E-state index in [9.17, 15) is 13.9 Å². The molecule has 4 rings (SSSR count). The van der Waals surface area contributed by atoms with Crippen molar-refractivity contribution in [3.63, 3.8) is 0 Å². The summed E-state index contributed by atoms with van der Waals surface area (Å²) < 4.78 is 27.4. The van der Waals surface area contributed by atoms with Gasteiger partial charge in [-0.1, -0.05) is 42.5 Å². The summed E-state index contributed by atoms with van der Waals surface area (Å²) in [5, 5.41) is 11.2. The van der Waals surface area contributed by atoms with Gasteiger partial charge < -0.3 is 5.11 Å². The summed E-state index contributed by atoms with van der Waals surface area (Å²) >= 11 is 0. The van der Waals surface area contributed by atoms with E-state index < -0.39 is 22.9 Å². The van der Waals surface area contributed by atoms with Crippen LogP contribution in [0.3, 0.4) is 0 Å². The minimum absolute atomic E-state index is 0.123. The number of benzene rings is 1. The van der Waals surface area contributed by atoms with Gasteiger partial charge >= 0.3 is 0 Å². The average molecular weight is 431 g/mol. The summed E-state index contributed by atoms with van der Waals surface area (Å²) in [6.45, 7) is 5.63. The topological polar surface area (TPSA) is 58.9 Å². The smallest absolute Gasteiger partial charge is 0.224 e. The lowest BCUT2D eigenvalue weighted by Gasteiger charge is -2.28. The van der Waals surface area contributed by atoms with E-state index in [1.165, 1.54) is 6.07 Å². The molecule has 1 unspecified atom stereocenters. The third kappa shape index (κ3) is 4.01. The maximum absolute atomic E-state index is 14.2. The molecule has 1 atom stereocenters. The first-order valence-corrected chi connectivity index (χ1v) is 10.3. The molecule has 0 radical (unpaired) electrons. The quantitative estimate of drug-likeness (QED) is 0.430. The van der Waals surface area contributed by atoms with Crippen LogP contribution in [-0.4, -0.2) is 20.1 Å². The molecule has 3 heterocycles. The molecule has 0 amide bonds. The van der Waals surface area contributed by atoms with Gasteiger partial charge in [-0.2, -0.15) is 13.8 Å². The molecule has 3 aromatic heterocycles. The lowest BCUT2D eigenvalue weighted by molar-refractivity contribution is 0.0970. The van der Waals surface area contributed by atoms with Crippen LogP contribution >= 0.6 is 0 Å². The highest BCUT2D eigenvalue weighted by atomic mass is 19.1.